The van der Waals surface area contributed by atoms with Gasteiger partial charge in [0, 0.05) is 5.56 Å². The van der Waals surface area contributed by atoms with Crippen molar-refractivity contribution in [3.63, 3.8) is 0 Å². The van der Waals surface area contributed by atoms with E-state index in [2.05, 4.69) is 4.72 Å². The zero-order valence-corrected chi connectivity index (χ0v) is 12.7. The van der Waals surface area contributed by atoms with E-state index in [0.717, 1.165) is 25.7 Å². The van der Waals surface area contributed by atoms with Crippen LogP contribution in [0.1, 0.15) is 50.7 Å². The number of aliphatic hydroxyl groups is 1. The predicted molar refractivity (Wildman–Crippen MR) is 81.1 cm³/mol. The van der Waals surface area contributed by atoms with Crippen molar-refractivity contribution in [3.05, 3.63) is 29.8 Å². The Morgan fingerprint density at radius 2 is 1.90 bits per heavy atom. The van der Waals surface area contributed by atoms with E-state index in [0.29, 0.717) is 11.3 Å². The van der Waals surface area contributed by atoms with Gasteiger partial charge < -0.3 is 5.11 Å². The minimum absolute atomic E-state index is 0.182. The summed E-state index contributed by atoms with van der Waals surface area (Å²) in [6, 6.07) is 6.99. The molecule has 1 fully saturated rings. The van der Waals surface area contributed by atoms with Gasteiger partial charge in [0.2, 0.25) is 10.0 Å². The zero-order chi connectivity index (χ0) is 14.6. The van der Waals surface area contributed by atoms with Crippen molar-refractivity contribution in [1.29, 1.82) is 0 Å². The molecule has 0 amide bonds. The molecule has 0 bridgehead atoms. The predicted octanol–water partition coefficient (Wildman–Crippen LogP) is 3.06. The molecular weight excluding hydrogens is 274 g/mol. The van der Waals surface area contributed by atoms with E-state index >= 15 is 0 Å². The maximum Gasteiger partial charge on any atom is 0.233 e. The van der Waals surface area contributed by atoms with Crippen molar-refractivity contribution >= 4 is 15.7 Å². The first-order valence-electron chi connectivity index (χ1n) is 7.25. The average Bonchev–Trinajstić information content (AvgIpc) is 2.39. The molecule has 0 saturated heterocycles. The number of sulfonamides is 1. The summed E-state index contributed by atoms with van der Waals surface area (Å²) in [5.41, 5.74) is 1.10. The lowest BCUT2D eigenvalue weighted by molar-refractivity contribution is 0.200. The molecule has 1 aromatic rings. The third-order valence-corrected chi connectivity index (χ3v) is 5.30. The summed E-state index contributed by atoms with van der Waals surface area (Å²) in [6.45, 7) is 1.63. The van der Waals surface area contributed by atoms with Crippen LogP contribution in [0.2, 0.25) is 0 Å². The molecule has 2 rings (SSSR count). The van der Waals surface area contributed by atoms with Crippen LogP contribution in [-0.4, -0.2) is 19.3 Å². The molecule has 0 aliphatic heterocycles. The fourth-order valence-electron chi connectivity index (χ4n) is 2.83. The third kappa shape index (κ3) is 4.21. The number of benzene rings is 1. The highest BCUT2D eigenvalue weighted by atomic mass is 32.2. The first kappa shape index (κ1) is 15.3. The van der Waals surface area contributed by atoms with Crippen LogP contribution in [0.5, 0.6) is 0 Å². The van der Waals surface area contributed by atoms with Crippen LogP contribution in [0.25, 0.3) is 0 Å². The molecule has 0 heterocycles. The molecule has 1 aliphatic carbocycles. The largest absolute Gasteiger partial charge is 0.389 e. The molecule has 1 aliphatic rings. The third-order valence-electron chi connectivity index (χ3n) is 3.86. The second-order valence-corrected chi connectivity index (χ2v) is 7.42. The second kappa shape index (κ2) is 6.59. The standard InChI is InChI=1S/C15H23NO3S/c1-12(17)14-9-5-6-10-15(14)16-20(18,19)11-13-7-3-2-4-8-13/h5-6,9-10,12-13,16-17H,2-4,7-8,11H2,1H3. The summed E-state index contributed by atoms with van der Waals surface area (Å²) in [7, 11) is -3.35. The second-order valence-electron chi connectivity index (χ2n) is 5.65. The molecule has 0 aromatic heterocycles. The Hall–Kier alpha value is -1.07. The molecule has 0 spiro atoms. The molecule has 1 saturated carbocycles. The Labute approximate surface area is 121 Å². The van der Waals surface area contributed by atoms with Gasteiger partial charge in [0.1, 0.15) is 0 Å². The number of nitrogens with one attached hydrogen (secondary N) is 1. The Kier molecular flexibility index (Phi) is 5.05. The Bertz CT molecular complexity index is 534. The lowest BCUT2D eigenvalue weighted by Crippen LogP contribution is -2.24. The quantitative estimate of drug-likeness (QED) is 0.877. The summed E-state index contributed by atoms with van der Waals surface area (Å²) in [6.07, 6.45) is 4.78. The fraction of sp³-hybridized carbons (Fsp3) is 0.600. The van der Waals surface area contributed by atoms with E-state index in [1.807, 2.05) is 0 Å². The normalized spacial score (nSPS) is 18.7. The molecule has 0 radical (unpaired) electrons. The lowest BCUT2D eigenvalue weighted by Gasteiger charge is -2.22. The van der Waals surface area contributed by atoms with Crippen LogP contribution < -0.4 is 4.72 Å². The van der Waals surface area contributed by atoms with Gasteiger partial charge in [-0.1, -0.05) is 37.5 Å². The molecule has 4 nitrogen and oxygen atoms in total. The van der Waals surface area contributed by atoms with E-state index < -0.39 is 16.1 Å². The van der Waals surface area contributed by atoms with Crippen LogP contribution in [0.3, 0.4) is 0 Å². The Morgan fingerprint density at radius 1 is 1.25 bits per heavy atom. The van der Waals surface area contributed by atoms with Crippen LogP contribution in [0.15, 0.2) is 24.3 Å². The molecular formula is C15H23NO3S. The summed E-state index contributed by atoms with van der Waals surface area (Å²) in [5, 5.41) is 9.69. The molecule has 1 unspecified atom stereocenters. The summed E-state index contributed by atoms with van der Waals surface area (Å²) >= 11 is 0. The van der Waals surface area contributed by atoms with Gasteiger partial charge in [-0.25, -0.2) is 8.42 Å². The first-order chi connectivity index (χ1) is 9.48. The Morgan fingerprint density at radius 3 is 2.55 bits per heavy atom. The van der Waals surface area contributed by atoms with Gasteiger partial charge in [0.05, 0.1) is 17.5 Å². The van der Waals surface area contributed by atoms with E-state index in [9.17, 15) is 13.5 Å². The maximum atomic E-state index is 12.3. The van der Waals surface area contributed by atoms with E-state index in [1.54, 1.807) is 31.2 Å². The molecule has 1 atom stereocenters. The number of anilines is 1. The first-order valence-corrected chi connectivity index (χ1v) is 8.90. The highest BCUT2D eigenvalue weighted by Gasteiger charge is 2.22. The van der Waals surface area contributed by atoms with Crippen molar-refractivity contribution in [3.8, 4) is 0 Å². The van der Waals surface area contributed by atoms with Gasteiger partial charge in [0.25, 0.3) is 0 Å². The van der Waals surface area contributed by atoms with E-state index in [4.69, 9.17) is 0 Å². The maximum absolute atomic E-state index is 12.3. The topological polar surface area (TPSA) is 66.4 Å². The van der Waals surface area contributed by atoms with Gasteiger partial charge in [-0.3, -0.25) is 4.72 Å². The summed E-state index contributed by atoms with van der Waals surface area (Å²) < 4.78 is 27.1. The smallest absolute Gasteiger partial charge is 0.233 e. The van der Waals surface area contributed by atoms with Crippen molar-refractivity contribution in [2.45, 2.75) is 45.1 Å². The fourth-order valence-corrected chi connectivity index (χ4v) is 4.39. The molecule has 1 aromatic carbocycles. The van der Waals surface area contributed by atoms with Gasteiger partial charge >= 0.3 is 0 Å². The number of hydrogen-bond donors (Lipinski definition) is 2. The van der Waals surface area contributed by atoms with Crippen LogP contribution in [-0.2, 0) is 10.0 Å². The number of rotatable bonds is 5. The number of aliphatic hydroxyl groups excluding tert-OH is 1. The zero-order valence-electron chi connectivity index (χ0n) is 11.9. The molecule has 20 heavy (non-hydrogen) atoms. The van der Waals surface area contributed by atoms with E-state index in [1.165, 1.54) is 6.42 Å². The number of hydrogen-bond acceptors (Lipinski definition) is 3. The monoisotopic (exact) mass is 297 g/mol. The summed E-state index contributed by atoms with van der Waals surface area (Å²) in [4.78, 5) is 0. The van der Waals surface area contributed by atoms with Crippen molar-refractivity contribution in [2.24, 2.45) is 5.92 Å². The molecule has 2 N–H and O–H groups in total. The number of para-hydroxylation sites is 1. The minimum Gasteiger partial charge on any atom is -0.389 e. The lowest BCUT2D eigenvalue weighted by atomic mass is 9.91. The molecule has 5 heteroatoms. The average molecular weight is 297 g/mol. The molecule has 112 valence electrons. The van der Waals surface area contributed by atoms with Crippen molar-refractivity contribution in [2.75, 3.05) is 10.5 Å². The highest BCUT2D eigenvalue weighted by Crippen LogP contribution is 2.27. The van der Waals surface area contributed by atoms with Crippen LogP contribution >= 0.6 is 0 Å². The van der Waals surface area contributed by atoms with Crippen LogP contribution in [0.4, 0.5) is 5.69 Å². The van der Waals surface area contributed by atoms with Crippen molar-refractivity contribution in [1.82, 2.24) is 0 Å². The van der Waals surface area contributed by atoms with Gasteiger partial charge in [-0.2, -0.15) is 0 Å². The Balaban J connectivity index is 2.08. The summed E-state index contributed by atoms with van der Waals surface area (Å²) in [5.74, 6) is 0.446. The highest BCUT2D eigenvalue weighted by molar-refractivity contribution is 7.92. The van der Waals surface area contributed by atoms with Gasteiger partial charge in [-0.15, -0.1) is 0 Å². The SMILES string of the molecule is CC(O)c1ccccc1NS(=O)(=O)CC1CCCCC1. The van der Waals surface area contributed by atoms with Gasteiger partial charge in [0.15, 0.2) is 0 Å². The van der Waals surface area contributed by atoms with E-state index in [-0.39, 0.29) is 11.7 Å². The van der Waals surface area contributed by atoms with Crippen LogP contribution in [0, 0.1) is 5.92 Å². The van der Waals surface area contributed by atoms with Gasteiger partial charge in [-0.05, 0) is 31.7 Å². The van der Waals surface area contributed by atoms with Crippen molar-refractivity contribution < 1.29 is 13.5 Å². The minimum atomic E-state index is -3.35.